The van der Waals surface area contributed by atoms with Gasteiger partial charge in [0, 0.05) is 68.6 Å². The van der Waals surface area contributed by atoms with Crippen LogP contribution in [0.1, 0.15) is 45.4 Å². The van der Waals surface area contributed by atoms with Crippen LogP contribution in [0.5, 0.6) is 0 Å². The fraction of sp³-hybridized carbons (Fsp3) is 0.279. The van der Waals surface area contributed by atoms with Crippen LogP contribution in [-0.4, -0.2) is 104 Å². The van der Waals surface area contributed by atoms with Gasteiger partial charge in [0.1, 0.15) is 5.82 Å². The third-order valence-corrected chi connectivity index (χ3v) is 12.5. The molecule has 2 aromatic heterocycles. The number of H-pyrrole nitrogens is 1. The fourth-order valence-electron chi connectivity index (χ4n) is 7.21. The Labute approximate surface area is 363 Å². The van der Waals surface area contributed by atoms with E-state index < -0.39 is 56.1 Å². The van der Waals surface area contributed by atoms with E-state index >= 15 is 0 Å². The van der Waals surface area contributed by atoms with Crippen LogP contribution in [0.3, 0.4) is 0 Å². The summed E-state index contributed by atoms with van der Waals surface area (Å²) in [5.41, 5.74) is -2.71. The summed E-state index contributed by atoms with van der Waals surface area (Å²) in [6.07, 6.45) is -2.82. The molecule has 1 saturated heterocycles. The molecule has 0 spiro atoms. The Morgan fingerprint density at radius 1 is 0.953 bits per heavy atom. The molecule has 7 rings (SSSR count). The highest BCUT2D eigenvalue weighted by molar-refractivity contribution is 7.91. The van der Waals surface area contributed by atoms with Gasteiger partial charge in [0.15, 0.2) is 15.4 Å². The molecule has 1 fully saturated rings. The minimum Gasteiger partial charge on any atom is -0.383 e. The molecule has 1 aliphatic rings. The average Bonchev–Trinajstić information content (AvgIpc) is 3.71. The van der Waals surface area contributed by atoms with Crippen LogP contribution in [0, 0.1) is 17.1 Å². The maximum atomic E-state index is 15.0. The van der Waals surface area contributed by atoms with Crippen molar-refractivity contribution in [2.45, 2.75) is 43.1 Å². The maximum absolute atomic E-state index is 15.0. The minimum atomic E-state index is -4.89. The number of hydrogen-bond acceptors (Lipinski definition) is 12. The van der Waals surface area contributed by atoms with Crippen molar-refractivity contribution in [3.8, 4) is 6.07 Å². The average molecular weight is 901 g/mol. The molecular formula is C43H40F4N10O6S. The van der Waals surface area contributed by atoms with Gasteiger partial charge < -0.3 is 20.6 Å². The number of nitrogens with one attached hydrogen (secondary N) is 3. The quantitative estimate of drug-likeness (QED) is 0.112. The largest absolute Gasteiger partial charge is 0.417 e. The van der Waals surface area contributed by atoms with Crippen molar-refractivity contribution in [3.63, 3.8) is 0 Å². The number of anilines is 2. The predicted molar refractivity (Wildman–Crippen MR) is 225 cm³/mol. The molecule has 64 heavy (non-hydrogen) atoms. The van der Waals surface area contributed by atoms with E-state index in [4.69, 9.17) is 5.26 Å². The number of amides is 2. The summed E-state index contributed by atoms with van der Waals surface area (Å²) < 4.78 is 83.0. The lowest BCUT2D eigenvalue weighted by atomic mass is 10.0. The van der Waals surface area contributed by atoms with E-state index in [1.54, 1.807) is 46.1 Å². The van der Waals surface area contributed by atoms with E-state index in [0.717, 1.165) is 19.1 Å². The van der Waals surface area contributed by atoms with E-state index in [-0.39, 0.29) is 28.1 Å². The van der Waals surface area contributed by atoms with Crippen LogP contribution in [-0.2, 0) is 40.3 Å². The van der Waals surface area contributed by atoms with E-state index in [2.05, 4.69) is 36.0 Å². The molecule has 3 heterocycles. The molecule has 0 bridgehead atoms. The molecule has 1 aliphatic heterocycles. The highest BCUT2D eigenvalue weighted by Gasteiger charge is 2.38. The monoisotopic (exact) mass is 900 g/mol. The van der Waals surface area contributed by atoms with E-state index in [9.17, 15) is 45.5 Å². The topological polar surface area (TPSA) is 219 Å². The SMILES string of the molecule is CC(O)(CS(=O)(=O)c1ccc(NCCn2cc(CN3CCN(C(=O)c4cc(Cc5n[nH]c(=O)c6ccccc56)ccc4F)CC3)nn2)cc1)C(=O)Nc1ccc(C#N)c(C(F)(F)F)c1. The number of benzene rings is 4. The van der Waals surface area contributed by atoms with Gasteiger partial charge in [-0.2, -0.15) is 23.5 Å². The zero-order valence-corrected chi connectivity index (χ0v) is 34.9. The molecule has 0 aliphatic carbocycles. The molecule has 0 saturated carbocycles. The number of carbonyl (C=O) groups is 2. The molecule has 2 amide bonds. The lowest BCUT2D eigenvalue weighted by molar-refractivity contribution is -0.137. The number of nitriles is 1. The standard InChI is InChI=1S/C43H40F4N10O6S/c1-42(61,41(60)50-30-8-7-28(23-48)36(22-30)43(45,46)47)26-64(62,63)32-11-9-29(10-12-32)49-14-15-57-25-31(51-54-57)24-55-16-18-56(19-17-55)40(59)35-20-27(6-13-37(35)44)21-38-33-4-2-3-5-34(33)39(58)53-52-38/h2-13,20,22,25,49,61H,14-19,21,24,26H2,1H3,(H,50,60)(H,53,58). The number of aromatic amines is 1. The number of carbonyl (C=O) groups excluding carboxylic acids is 2. The van der Waals surface area contributed by atoms with Crippen molar-refractivity contribution >= 4 is 43.8 Å². The number of aromatic nitrogens is 5. The summed E-state index contributed by atoms with van der Waals surface area (Å²) in [4.78, 5) is 42.0. The van der Waals surface area contributed by atoms with Crippen LogP contribution in [0.15, 0.2) is 101 Å². The Morgan fingerprint density at radius 2 is 1.66 bits per heavy atom. The Hall–Kier alpha value is -7.02. The van der Waals surface area contributed by atoms with Crippen molar-refractivity contribution in [1.29, 1.82) is 5.26 Å². The number of alkyl halides is 3. The maximum Gasteiger partial charge on any atom is 0.417 e. The lowest BCUT2D eigenvalue weighted by Gasteiger charge is -2.34. The number of fused-ring (bicyclic) bond motifs is 1. The predicted octanol–water partition coefficient (Wildman–Crippen LogP) is 4.37. The van der Waals surface area contributed by atoms with Gasteiger partial charge in [0.25, 0.3) is 17.4 Å². The highest BCUT2D eigenvalue weighted by Crippen LogP contribution is 2.34. The number of hydrogen-bond donors (Lipinski definition) is 4. The molecular weight excluding hydrogens is 861 g/mol. The Bertz CT molecular complexity index is 2920. The molecule has 332 valence electrons. The van der Waals surface area contributed by atoms with Crippen molar-refractivity contribution in [2.75, 3.05) is 49.1 Å². The highest BCUT2D eigenvalue weighted by atomic mass is 32.2. The zero-order chi connectivity index (χ0) is 45.8. The van der Waals surface area contributed by atoms with Crippen molar-refractivity contribution in [1.82, 2.24) is 35.0 Å². The second-order valence-corrected chi connectivity index (χ2v) is 17.4. The summed E-state index contributed by atoms with van der Waals surface area (Å²) in [7, 11) is -4.26. The van der Waals surface area contributed by atoms with Gasteiger partial charge in [-0.15, -0.1) is 5.10 Å². The number of rotatable bonds is 14. The van der Waals surface area contributed by atoms with Crippen molar-refractivity contribution < 1.29 is 40.7 Å². The molecule has 4 aromatic carbocycles. The summed E-state index contributed by atoms with van der Waals surface area (Å²) in [5, 5.41) is 41.3. The van der Waals surface area contributed by atoms with Gasteiger partial charge in [0.05, 0.1) is 56.7 Å². The number of piperazine rings is 1. The van der Waals surface area contributed by atoms with Gasteiger partial charge in [-0.05, 0) is 73.2 Å². The summed E-state index contributed by atoms with van der Waals surface area (Å²) >= 11 is 0. The normalized spacial score (nSPS) is 14.5. The van der Waals surface area contributed by atoms with Crippen molar-refractivity contribution in [2.24, 2.45) is 0 Å². The van der Waals surface area contributed by atoms with Gasteiger partial charge >= 0.3 is 6.18 Å². The molecule has 21 heteroatoms. The van der Waals surface area contributed by atoms with Crippen LogP contribution in [0.4, 0.5) is 28.9 Å². The first kappa shape index (κ1) is 45.0. The Balaban J connectivity index is 0.861. The van der Waals surface area contributed by atoms with E-state index in [0.29, 0.717) is 85.3 Å². The molecule has 1 unspecified atom stereocenters. The Kier molecular flexibility index (Phi) is 12.9. The molecule has 0 radical (unpaired) electrons. The second-order valence-electron chi connectivity index (χ2n) is 15.4. The molecule has 16 nitrogen and oxygen atoms in total. The van der Waals surface area contributed by atoms with Gasteiger partial charge in [-0.3, -0.25) is 24.0 Å². The smallest absolute Gasteiger partial charge is 0.383 e. The van der Waals surface area contributed by atoms with Crippen LogP contribution < -0.4 is 16.2 Å². The first-order chi connectivity index (χ1) is 30.4. The Morgan fingerprint density at radius 3 is 2.36 bits per heavy atom. The number of sulfone groups is 1. The lowest BCUT2D eigenvalue weighted by Crippen LogP contribution is -2.48. The van der Waals surface area contributed by atoms with Crippen molar-refractivity contribution in [3.05, 3.63) is 141 Å². The third-order valence-electron chi connectivity index (χ3n) is 10.6. The summed E-state index contributed by atoms with van der Waals surface area (Å²) in [6.45, 7) is 3.96. The van der Waals surface area contributed by atoms with Crippen LogP contribution >= 0.6 is 0 Å². The summed E-state index contributed by atoms with van der Waals surface area (Å²) in [5.74, 6) is -3.38. The number of nitrogens with zero attached hydrogens (tertiary/aromatic N) is 7. The summed E-state index contributed by atoms with van der Waals surface area (Å²) in [6, 6.07) is 20.8. The van der Waals surface area contributed by atoms with Crippen LogP contribution in [0.2, 0.25) is 0 Å². The fourth-order valence-corrected chi connectivity index (χ4v) is 8.80. The molecule has 1 atom stereocenters. The molecule has 6 aromatic rings. The van der Waals surface area contributed by atoms with E-state index in [1.807, 2.05) is 0 Å². The first-order valence-corrected chi connectivity index (χ1v) is 21.4. The second kappa shape index (κ2) is 18.4. The van der Waals surface area contributed by atoms with Gasteiger partial charge in [-0.1, -0.05) is 29.5 Å². The van der Waals surface area contributed by atoms with E-state index in [1.165, 1.54) is 42.5 Å². The third kappa shape index (κ3) is 10.4. The minimum absolute atomic E-state index is 0.0384. The molecule has 4 N–H and O–H groups in total. The van der Waals surface area contributed by atoms with Crippen LogP contribution in [0.25, 0.3) is 10.8 Å². The van der Waals surface area contributed by atoms with Gasteiger partial charge in [-0.25, -0.2) is 17.9 Å². The zero-order valence-electron chi connectivity index (χ0n) is 34.1. The first-order valence-electron chi connectivity index (χ1n) is 19.8. The van der Waals surface area contributed by atoms with Gasteiger partial charge in [0.2, 0.25) is 0 Å². The number of aliphatic hydroxyl groups is 1. The number of halogens is 4.